The number of hydrogen-bond acceptors (Lipinski definition) is 2. The second-order valence-corrected chi connectivity index (χ2v) is 8.59. The van der Waals surface area contributed by atoms with Crippen molar-refractivity contribution in [2.75, 3.05) is 13.1 Å². The lowest BCUT2D eigenvalue weighted by molar-refractivity contribution is 0.338. The number of benzene rings is 1. The van der Waals surface area contributed by atoms with Gasteiger partial charge in [-0.3, -0.25) is 4.98 Å². The van der Waals surface area contributed by atoms with E-state index in [0.717, 1.165) is 30.4 Å². The minimum absolute atomic E-state index is 0.457. The van der Waals surface area contributed by atoms with Gasteiger partial charge in [0.1, 0.15) is 0 Å². The minimum atomic E-state index is 0.457. The Kier molecular flexibility index (Phi) is 6.88. The normalized spacial score (nSPS) is 19.6. The molecule has 0 spiro atoms. The number of fused-ring (bicyclic) bond motifs is 2. The molecule has 3 heteroatoms. The van der Waals surface area contributed by atoms with Crippen LogP contribution in [0.5, 0.6) is 0 Å². The van der Waals surface area contributed by atoms with E-state index in [1.807, 2.05) is 6.20 Å². The molecule has 1 saturated heterocycles. The number of nitrogens with one attached hydrogen (secondary N) is 1. The average Bonchev–Trinajstić information content (AvgIpc) is 2.79. The topological polar surface area (TPSA) is 24.9 Å². The molecule has 2 heterocycles. The van der Waals surface area contributed by atoms with Crippen molar-refractivity contribution >= 4 is 15.9 Å². The molecule has 2 aromatic rings. The Morgan fingerprint density at radius 2 is 1.77 bits per heavy atom. The van der Waals surface area contributed by atoms with Gasteiger partial charge in [-0.05, 0) is 90.3 Å². The fourth-order valence-electron chi connectivity index (χ4n) is 4.30. The second-order valence-electron chi connectivity index (χ2n) is 7.67. The molecule has 1 aliphatic heterocycles. The summed E-state index contributed by atoms with van der Waals surface area (Å²) in [5.74, 6) is 1.15. The van der Waals surface area contributed by atoms with Gasteiger partial charge < -0.3 is 5.32 Å². The Labute approximate surface area is 166 Å². The standard InChI is InChI=1S/C20H23BrN2.C3H8/c1-13-2-5-18-15(10-13)3-4-16-11-17(21)12-23-20(16)19(18)14-6-8-22-9-7-14;1-3-2/h2,5,10-12,14,19,22H,3-4,6-9H2,1H3;3H2,1-2H3. The van der Waals surface area contributed by atoms with E-state index in [0.29, 0.717) is 11.8 Å². The Bertz CT molecular complexity index is 681. The predicted molar refractivity (Wildman–Crippen MR) is 114 cm³/mol. The molecule has 1 atom stereocenters. The molecule has 0 amide bonds. The first-order valence-corrected chi connectivity index (χ1v) is 10.9. The first kappa shape index (κ1) is 19.6. The average molecular weight is 415 g/mol. The Hall–Kier alpha value is -1.19. The van der Waals surface area contributed by atoms with Crippen LogP contribution in [0.25, 0.3) is 0 Å². The summed E-state index contributed by atoms with van der Waals surface area (Å²) in [5.41, 5.74) is 7.17. The highest BCUT2D eigenvalue weighted by Crippen LogP contribution is 2.42. The lowest BCUT2D eigenvalue weighted by Gasteiger charge is -2.32. The number of hydrogen-bond donors (Lipinski definition) is 1. The van der Waals surface area contributed by atoms with Crippen LogP contribution in [0.2, 0.25) is 0 Å². The molecule has 26 heavy (non-hydrogen) atoms. The van der Waals surface area contributed by atoms with Gasteiger partial charge in [-0.15, -0.1) is 0 Å². The third kappa shape index (κ3) is 4.37. The smallest absolute Gasteiger partial charge is 0.0514 e. The molecule has 1 aromatic carbocycles. The molecule has 0 radical (unpaired) electrons. The van der Waals surface area contributed by atoms with Crippen molar-refractivity contribution in [3.8, 4) is 0 Å². The summed E-state index contributed by atoms with van der Waals surface area (Å²) in [5, 5.41) is 3.51. The maximum Gasteiger partial charge on any atom is 0.0514 e. The summed E-state index contributed by atoms with van der Waals surface area (Å²) < 4.78 is 1.10. The van der Waals surface area contributed by atoms with Gasteiger partial charge in [0.25, 0.3) is 0 Å². The summed E-state index contributed by atoms with van der Waals surface area (Å²) in [6.45, 7) is 8.72. The van der Waals surface area contributed by atoms with Crippen LogP contribution in [-0.4, -0.2) is 18.1 Å². The minimum Gasteiger partial charge on any atom is -0.317 e. The summed E-state index contributed by atoms with van der Waals surface area (Å²) in [6.07, 6.45) is 7.94. The highest BCUT2D eigenvalue weighted by Gasteiger charge is 2.32. The maximum absolute atomic E-state index is 4.89. The number of halogens is 1. The summed E-state index contributed by atoms with van der Waals surface area (Å²) in [4.78, 5) is 4.89. The van der Waals surface area contributed by atoms with E-state index in [4.69, 9.17) is 4.98 Å². The van der Waals surface area contributed by atoms with Crippen LogP contribution in [0.3, 0.4) is 0 Å². The third-order valence-corrected chi connectivity index (χ3v) is 5.85. The van der Waals surface area contributed by atoms with Gasteiger partial charge in [-0.2, -0.15) is 0 Å². The Balaban J connectivity index is 0.000000613. The van der Waals surface area contributed by atoms with Crippen molar-refractivity contribution in [1.29, 1.82) is 0 Å². The molecule has 2 aliphatic rings. The molecule has 140 valence electrons. The summed E-state index contributed by atoms with van der Waals surface area (Å²) in [6, 6.07) is 9.33. The molecule has 0 saturated carbocycles. The molecule has 1 aliphatic carbocycles. The lowest BCUT2D eigenvalue weighted by atomic mass is 9.76. The SMILES string of the molecule is CCC.Cc1ccc2c(c1)CCc1cc(Br)cnc1C2C1CCNCC1. The van der Waals surface area contributed by atoms with Crippen molar-refractivity contribution in [3.05, 3.63) is 62.9 Å². The van der Waals surface area contributed by atoms with E-state index in [9.17, 15) is 0 Å². The molecular weight excluding hydrogens is 384 g/mol. The van der Waals surface area contributed by atoms with Gasteiger partial charge in [-0.1, -0.05) is 44.0 Å². The summed E-state index contributed by atoms with van der Waals surface area (Å²) >= 11 is 3.61. The van der Waals surface area contributed by atoms with Crippen LogP contribution >= 0.6 is 15.9 Å². The molecular formula is C23H31BrN2. The van der Waals surface area contributed by atoms with Crippen LogP contribution in [0.1, 0.15) is 67.0 Å². The zero-order valence-corrected chi connectivity index (χ0v) is 17.9. The van der Waals surface area contributed by atoms with E-state index in [2.05, 4.69) is 66.3 Å². The van der Waals surface area contributed by atoms with E-state index < -0.39 is 0 Å². The second kappa shape index (κ2) is 9.14. The van der Waals surface area contributed by atoms with Crippen molar-refractivity contribution in [1.82, 2.24) is 10.3 Å². The van der Waals surface area contributed by atoms with Gasteiger partial charge in [-0.25, -0.2) is 0 Å². The quantitative estimate of drug-likeness (QED) is 0.637. The number of piperidine rings is 1. The number of pyridine rings is 1. The van der Waals surface area contributed by atoms with Crippen LogP contribution in [0.15, 0.2) is 34.9 Å². The number of rotatable bonds is 1. The first-order valence-electron chi connectivity index (χ1n) is 10.1. The van der Waals surface area contributed by atoms with Gasteiger partial charge in [0.2, 0.25) is 0 Å². The van der Waals surface area contributed by atoms with Gasteiger partial charge in [0.05, 0.1) is 5.69 Å². The van der Waals surface area contributed by atoms with E-state index in [-0.39, 0.29) is 0 Å². The molecule has 1 aromatic heterocycles. The van der Waals surface area contributed by atoms with Gasteiger partial charge in [0, 0.05) is 16.6 Å². The monoisotopic (exact) mass is 414 g/mol. The van der Waals surface area contributed by atoms with E-state index >= 15 is 0 Å². The van der Waals surface area contributed by atoms with Crippen molar-refractivity contribution in [2.24, 2.45) is 5.92 Å². The zero-order chi connectivity index (χ0) is 18.5. The number of aryl methyl sites for hydroxylation is 3. The van der Waals surface area contributed by atoms with Crippen molar-refractivity contribution < 1.29 is 0 Å². The molecule has 2 nitrogen and oxygen atoms in total. The highest BCUT2D eigenvalue weighted by molar-refractivity contribution is 9.10. The molecule has 4 rings (SSSR count). The third-order valence-electron chi connectivity index (χ3n) is 5.42. The van der Waals surface area contributed by atoms with Gasteiger partial charge >= 0.3 is 0 Å². The van der Waals surface area contributed by atoms with E-state index in [1.54, 1.807) is 0 Å². The number of nitrogens with zero attached hydrogens (tertiary/aromatic N) is 1. The Morgan fingerprint density at radius 3 is 2.50 bits per heavy atom. The molecule has 0 bridgehead atoms. The van der Waals surface area contributed by atoms with Crippen LogP contribution in [0, 0.1) is 12.8 Å². The summed E-state index contributed by atoms with van der Waals surface area (Å²) in [7, 11) is 0. The maximum atomic E-state index is 4.89. The van der Waals surface area contributed by atoms with Crippen molar-refractivity contribution in [3.63, 3.8) is 0 Å². The van der Waals surface area contributed by atoms with Gasteiger partial charge in [0.15, 0.2) is 0 Å². The molecule has 1 unspecified atom stereocenters. The Morgan fingerprint density at radius 1 is 1.08 bits per heavy atom. The van der Waals surface area contributed by atoms with Crippen molar-refractivity contribution in [2.45, 2.75) is 58.8 Å². The largest absolute Gasteiger partial charge is 0.317 e. The predicted octanol–water partition coefficient (Wildman–Crippen LogP) is 5.80. The van der Waals surface area contributed by atoms with Crippen LogP contribution in [-0.2, 0) is 12.8 Å². The highest BCUT2D eigenvalue weighted by atomic mass is 79.9. The van der Waals surface area contributed by atoms with Crippen LogP contribution < -0.4 is 5.32 Å². The first-order chi connectivity index (χ1) is 12.6. The zero-order valence-electron chi connectivity index (χ0n) is 16.3. The molecule has 1 fully saturated rings. The number of aromatic nitrogens is 1. The fraction of sp³-hybridized carbons (Fsp3) is 0.522. The molecule has 1 N–H and O–H groups in total. The van der Waals surface area contributed by atoms with Crippen LogP contribution in [0.4, 0.5) is 0 Å². The lowest BCUT2D eigenvalue weighted by Crippen LogP contribution is -2.32. The van der Waals surface area contributed by atoms with E-state index in [1.165, 1.54) is 47.2 Å². The fourth-order valence-corrected chi connectivity index (χ4v) is 4.68.